The van der Waals surface area contributed by atoms with E-state index in [1.54, 1.807) is 20.1 Å². The Bertz CT molecular complexity index is 694. The highest BCUT2D eigenvalue weighted by Gasteiger charge is 2.21. The van der Waals surface area contributed by atoms with Crippen molar-refractivity contribution in [2.24, 2.45) is 0 Å². The fourth-order valence-electron chi connectivity index (χ4n) is 1.74. The molecular weight excluding hydrogens is 278 g/mol. The first-order valence-electron chi connectivity index (χ1n) is 6.15. The lowest BCUT2D eigenvalue weighted by Crippen LogP contribution is -2.26. The fourth-order valence-corrected chi connectivity index (χ4v) is 2.85. The van der Waals surface area contributed by atoms with Gasteiger partial charge in [-0.1, -0.05) is 19.1 Å². The molecule has 0 atom stereocenters. The molecular formula is C13H17N3O3S. The monoisotopic (exact) mass is 295 g/mol. The Kier molecular flexibility index (Phi) is 4.10. The van der Waals surface area contributed by atoms with Gasteiger partial charge < -0.3 is 4.74 Å². The summed E-state index contributed by atoms with van der Waals surface area (Å²) in [5.74, 6) is 0.628. The first-order valence-corrected chi connectivity index (χ1v) is 7.59. The Morgan fingerprint density at radius 1 is 1.35 bits per heavy atom. The number of sulfonamides is 1. The van der Waals surface area contributed by atoms with Crippen LogP contribution < -0.4 is 4.74 Å². The zero-order valence-corrected chi connectivity index (χ0v) is 12.5. The van der Waals surface area contributed by atoms with E-state index in [-0.39, 0.29) is 4.90 Å². The fraction of sp³-hybridized carbons (Fsp3) is 0.308. The highest BCUT2D eigenvalue weighted by Crippen LogP contribution is 2.23. The number of para-hydroxylation sites is 2. The second-order valence-corrected chi connectivity index (χ2v) is 6.26. The molecule has 0 aliphatic carbocycles. The van der Waals surface area contributed by atoms with E-state index in [9.17, 15) is 8.42 Å². The Balaban J connectivity index is 2.44. The second-order valence-electron chi connectivity index (χ2n) is 4.21. The van der Waals surface area contributed by atoms with E-state index in [0.717, 1.165) is 0 Å². The molecule has 0 unspecified atom stereocenters. The van der Waals surface area contributed by atoms with Gasteiger partial charge in [0.2, 0.25) is 10.0 Å². The maximum Gasteiger partial charge on any atom is 0.245 e. The molecule has 20 heavy (non-hydrogen) atoms. The SMILES string of the molecule is CCN(C)S(=O)(=O)c1cnn(-c2ccccc2OC)c1. The summed E-state index contributed by atoms with van der Waals surface area (Å²) in [6.07, 6.45) is 2.83. The van der Waals surface area contributed by atoms with Gasteiger partial charge in [0.05, 0.1) is 19.5 Å². The molecule has 1 heterocycles. The summed E-state index contributed by atoms with van der Waals surface area (Å²) in [5, 5.41) is 4.11. The molecule has 0 aliphatic heterocycles. The van der Waals surface area contributed by atoms with Crippen molar-refractivity contribution in [1.29, 1.82) is 0 Å². The van der Waals surface area contributed by atoms with E-state index in [0.29, 0.717) is 18.0 Å². The number of rotatable bonds is 5. The van der Waals surface area contributed by atoms with Crippen molar-refractivity contribution in [1.82, 2.24) is 14.1 Å². The standard InChI is InChI=1S/C13H17N3O3S/c1-4-15(2)20(17,18)11-9-14-16(10-11)12-7-5-6-8-13(12)19-3/h5-10H,4H2,1-3H3. The van der Waals surface area contributed by atoms with Gasteiger partial charge in [-0.2, -0.15) is 5.10 Å². The van der Waals surface area contributed by atoms with Gasteiger partial charge in [0.25, 0.3) is 0 Å². The number of aromatic nitrogens is 2. The van der Waals surface area contributed by atoms with Crippen molar-refractivity contribution < 1.29 is 13.2 Å². The van der Waals surface area contributed by atoms with Crippen LogP contribution in [-0.4, -0.2) is 43.2 Å². The van der Waals surface area contributed by atoms with Crippen LogP contribution in [-0.2, 0) is 10.0 Å². The van der Waals surface area contributed by atoms with Crippen LogP contribution in [0.1, 0.15) is 6.92 Å². The van der Waals surface area contributed by atoms with Crippen LogP contribution in [0, 0.1) is 0 Å². The zero-order valence-electron chi connectivity index (χ0n) is 11.6. The van der Waals surface area contributed by atoms with E-state index in [4.69, 9.17) is 4.74 Å². The van der Waals surface area contributed by atoms with Crippen LogP contribution in [0.4, 0.5) is 0 Å². The molecule has 1 aromatic carbocycles. The first kappa shape index (κ1) is 14.5. The Labute approximate surface area is 118 Å². The number of hydrogen-bond acceptors (Lipinski definition) is 4. The maximum atomic E-state index is 12.2. The Morgan fingerprint density at radius 2 is 2.05 bits per heavy atom. The van der Waals surface area contributed by atoms with Gasteiger partial charge >= 0.3 is 0 Å². The Hall–Kier alpha value is -1.86. The van der Waals surface area contributed by atoms with Gasteiger partial charge in [0, 0.05) is 13.6 Å². The molecule has 0 aliphatic rings. The zero-order chi connectivity index (χ0) is 14.8. The minimum Gasteiger partial charge on any atom is -0.494 e. The summed E-state index contributed by atoms with van der Waals surface area (Å²) in [6.45, 7) is 2.18. The average Bonchev–Trinajstić information content (AvgIpc) is 2.96. The molecule has 7 heteroatoms. The number of benzene rings is 1. The molecule has 0 bridgehead atoms. The van der Waals surface area contributed by atoms with Gasteiger partial charge in [-0.3, -0.25) is 0 Å². The van der Waals surface area contributed by atoms with Crippen LogP contribution in [0.15, 0.2) is 41.6 Å². The van der Waals surface area contributed by atoms with Gasteiger partial charge in [0.15, 0.2) is 0 Å². The summed E-state index contributed by atoms with van der Waals surface area (Å²) in [6, 6.07) is 7.29. The normalized spacial score (nSPS) is 11.8. The largest absolute Gasteiger partial charge is 0.494 e. The van der Waals surface area contributed by atoms with Crippen molar-refractivity contribution in [3.05, 3.63) is 36.7 Å². The Morgan fingerprint density at radius 3 is 2.70 bits per heavy atom. The second kappa shape index (κ2) is 5.64. The average molecular weight is 295 g/mol. The molecule has 6 nitrogen and oxygen atoms in total. The van der Waals surface area contributed by atoms with Crippen LogP contribution in [0.25, 0.3) is 5.69 Å². The molecule has 2 aromatic rings. The molecule has 0 saturated heterocycles. The van der Waals surface area contributed by atoms with Crippen molar-refractivity contribution in [2.45, 2.75) is 11.8 Å². The lowest BCUT2D eigenvalue weighted by Gasteiger charge is -2.12. The van der Waals surface area contributed by atoms with Gasteiger partial charge in [0.1, 0.15) is 16.3 Å². The predicted molar refractivity (Wildman–Crippen MR) is 75.6 cm³/mol. The third-order valence-electron chi connectivity index (χ3n) is 3.04. The summed E-state index contributed by atoms with van der Waals surface area (Å²) < 4.78 is 32.4. The van der Waals surface area contributed by atoms with Gasteiger partial charge in [-0.25, -0.2) is 17.4 Å². The molecule has 2 rings (SSSR count). The van der Waals surface area contributed by atoms with Crippen LogP contribution in [0.5, 0.6) is 5.75 Å². The topological polar surface area (TPSA) is 64.4 Å². The first-order chi connectivity index (χ1) is 9.50. The van der Waals surface area contributed by atoms with Crippen LogP contribution in [0.3, 0.4) is 0 Å². The molecule has 0 amide bonds. The van der Waals surface area contributed by atoms with E-state index in [1.165, 1.54) is 28.4 Å². The van der Waals surface area contributed by atoms with E-state index >= 15 is 0 Å². The minimum absolute atomic E-state index is 0.160. The minimum atomic E-state index is -3.49. The third kappa shape index (κ3) is 2.54. The molecule has 1 aromatic heterocycles. The van der Waals surface area contributed by atoms with E-state index in [1.807, 2.05) is 18.2 Å². The number of ether oxygens (including phenoxy) is 1. The van der Waals surface area contributed by atoms with E-state index in [2.05, 4.69) is 5.10 Å². The highest BCUT2D eigenvalue weighted by atomic mass is 32.2. The molecule has 0 radical (unpaired) electrons. The summed E-state index contributed by atoms with van der Waals surface area (Å²) in [4.78, 5) is 0.160. The molecule has 0 N–H and O–H groups in total. The summed E-state index contributed by atoms with van der Waals surface area (Å²) in [7, 11) is -0.389. The van der Waals surface area contributed by atoms with Crippen molar-refractivity contribution in [3.63, 3.8) is 0 Å². The molecule has 0 fully saturated rings. The van der Waals surface area contributed by atoms with Crippen molar-refractivity contribution in [3.8, 4) is 11.4 Å². The van der Waals surface area contributed by atoms with Crippen LogP contribution in [0.2, 0.25) is 0 Å². The van der Waals surface area contributed by atoms with Crippen molar-refractivity contribution >= 4 is 10.0 Å². The highest BCUT2D eigenvalue weighted by molar-refractivity contribution is 7.89. The van der Waals surface area contributed by atoms with Crippen molar-refractivity contribution in [2.75, 3.05) is 20.7 Å². The van der Waals surface area contributed by atoms with Gasteiger partial charge in [-0.05, 0) is 12.1 Å². The molecule has 0 spiro atoms. The quantitative estimate of drug-likeness (QED) is 0.839. The lowest BCUT2D eigenvalue weighted by molar-refractivity contribution is 0.411. The molecule has 108 valence electrons. The predicted octanol–water partition coefficient (Wildman–Crippen LogP) is 1.52. The van der Waals surface area contributed by atoms with E-state index < -0.39 is 10.0 Å². The maximum absolute atomic E-state index is 12.2. The number of hydrogen-bond donors (Lipinski definition) is 0. The van der Waals surface area contributed by atoms with Gasteiger partial charge in [-0.15, -0.1) is 0 Å². The number of nitrogens with zero attached hydrogens (tertiary/aromatic N) is 3. The third-order valence-corrected chi connectivity index (χ3v) is 4.93. The summed E-state index contributed by atoms with van der Waals surface area (Å²) in [5.41, 5.74) is 0.690. The smallest absolute Gasteiger partial charge is 0.245 e. The summed E-state index contributed by atoms with van der Waals surface area (Å²) >= 11 is 0. The number of methoxy groups -OCH3 is 1. The van der Waals surface area contributed by atoms with Crippen LogP contribution >= 0.6 is 0 Å². The lowest BCUT2D eigenvalue weighted by atomic mass is 10.3. The molecule has 0 saturated carbocycles.